The Labute approximate surface area is 179 Å². The van der Waals surface area contributed by atoms with Gasteiger partial charge in [-0.25, -0.2) is 0 Å². The number of unbranched alkanes of at least 4 members (excludes halogenated alkanes) is 2. The predicted molar refractivity (Wildman–Crippen MR) is 119 cm³/mol. The molecule has 1 heterocycles. The smallest absolute Gasteiger partial charge is 0.258 e. The third kappa shape index (κ3) is 5.36. The van der Waals surface area contributed by atoms with Gasteiger partial charge in [0.05, 0.1) is 19.3 Å². The number of carbonyl (C=O) groups excluding carboxylic acids is 1. The molecule has 0 aliphatic carbocycles. The molecule has 2 N–H and O–H groups in total. The summed E-state index contributed by atoms with van der Waals surface area (Å²) in [5.74, 6) is 1.22. The highest BCUT2D eigenvalue weighted by molar-refractivity contribution is 6.00. The predicted octanol–water partition coefficient (Wildman–Crippen LogP) is 4.51. The lowest BCUT2D eigenvalue weighted by Gasteiger charge is -2.30. The molecule has 158 valence electrons. The average molecular weight is 419 g/mol. The number of hydrogen-bond donors (Lipinski definition) is 1. The zero-order valence-electron chi connectivity index (χ0n) is 17.3. The van der Waals surface area contributed by atoms with Crippen LogP contribution in [0.2, 0.25) is 0 Å². The lowest BCUT2D eigenvalue weighted by atomic mass is 9.96. The average Bonchev–Trinajstić information content (AvgIpc) is 2.71. The fourth-order valence-electron chi connectivity index (χ4n) is 3.62. The van der Waals surface area contributed by atoms with Crippen molar-refractivity contribution in [2.75, 3.05) is 32.5 Å². The third-order valence-corrected chi connectivity index (χ3v) is 5.28. The number of rotatable bonds is 9. The number of methoxy groups -OCH3 is 1. The largest absolute Gasteiger partial charge is 0.493 e. The van der Waals surface area contributed by atoms with Crippen molar-refractivity contribution in [1.29, 1.82) is 0 Å². The van der Waals surface area contributed by atoms with E-state index in [4.69, 9.17) is 15.2 Å². The Kier molecular flexibility index (Phi) is 8.65. The van der Waals surface area contributed by atoms with Crippen molar-refractivity contribution in [3.8, 4) is 11.5 Å². The summed E-state index contributed by atoms with van der Waals surface area (Å²) in [7, 11) is 1.61. The highest BCUT2D eigenvalue weighted by Gasteiger charge is 2.29. The zero-order chi connectivity index (χ0) is 19.9. The van der Waals surface area contributed by atoms with Gasteiger partial charge in [0.15, 0.2) is 11.5 Å². The van der Waals surface area contributed by atoms with E-state index in [-0.39, 0.29) is 18.3 Å². The molecule has 0 saturated carbocycles. The van der Waals surface area contributed by atoms with Gasteiger partial charge < -0.3 is 20.1 Å². The monoisotopic (exact) mass is 418 g/mol. The van der Waals surface area contributed by atoms with E-state index in [9.17, 15) is 4.79 Å². The molecule has 0 atom stereocenters. The van der Waals surface area contributed by atoms with Gasteiger partial charge in [-0.05, 0) is 42.5 Å². The summed E-state index contributed by atoms with van der Waals surface area (Å²) in [4.78, 5) is 15.2. The van der Waals surface area contributed by atoms with Crippen LogP contribution in [0.5, 0.6) is 11.5 Å². The standard InChI is InChI=1S/C23H30N2O3.ClH/c1-3-4-7-16-28-22-20(27-2)11-10-18-13-15-25(23(26)21(18)22)14-12-17-8-5-6-9-19(17)24;/h5-6,8-11H,3-4,7,12-16,24H2,1-2H3;1H. The number of fused-ring (bicyclic) bond motifs is 1. The van der Waals surface area contributed by atoms with E-state index < -0.39 is 0 Å². The quantitative estimate of drug-likeness (QED) is 0.480. The first-order valence-corrected chi connectivity index (χ1v) is 10.1. The van der Waals surface area contributed by atoms with Crippen LogP contribution in [-0.4, -0.2) is 37.6 Å². The van der Waals surface area contributed by atoms with Crippen molar-refractivity contribution in [1.82, 2.24) is 4.90 Å². The summed E-state index contributed by atoms with van der Waals surface area (Å²) in [6.45, 7) is 4.10. The molecule has 3 rings (SSSR count). The van der Waals surface area contributed by atoms with E-state index in [1.807, 2.05) is 41.3 Å². The number of anilines is 1. The van der Waals surface area contributed by atoms with Crippen molar-refractivity contribution in [2.24, 2.45) is 0 Å². The Hall–Kier alpha value is -2.40. The second-order valence-electron chi connectivity index (χ2n) is 7.18. The summed E-state index contributed by atoms with van der Waals surface area (Å²) in [5, 5.41) is 0. The Morgan fingerprint density at radius 1 is 1.14 bits per heavy atom. The maximum atomic E-state index is 13.3. The number of nitrogens with zero attached hydrogens (tertiary/aromatic N) is 1. The molecule has 0 aromatic heterocycles. The number of amides is 1. The first-order chi connectivity index (χ1) is 13.7. The zero-order valence-corrected chi connectivity index (χ0v) is 18.1. The molecule has 0 saturated heterocycles. The van der Waals surface area contributed by atoms with Crippen molar-refractivity contribution in [3.05, 3.63) is 53.1 Å². The molecular formula is C23H31ClN2O3. The lowest BCUT2D eigenvalue weighted by Crippen LogP contribution is -2.39. The Balaban J connectivity index is 0.00000300. The highest BCUT2D eigenvalue weighted by Crippen LogP contribution is 2.37. The second kappa shape index (κ2) is 11.0. The second-order valence-corrected chi connectivity index (χ2v) is 7.18. The van der Waals surface area contributed by atoms with Crippen molar-refractivity contribution < 1.29 is 14.3 Å². The molecular weight excluding hydrogens is 388 g/mol. The van der Waals surface area contributed by atoms with Crippen LogP contribution in [0.3, 0.4) is 0 Å². The fraction of sp³-hybridized carbons (Fsp3) is 0.435. The van der Waals surface area contributed by atoms with E-state index in [1.165, 1.54) is 0 Å². The third-order valence-electron chi connectivity index (χ3n) is 5.28. The van der Waals surface area contributed by atoms with Crippen LogP contribution in [-0.2, 0) is 12.8 Å². The molecule has 0 spiro atoms. The number of benzene rings is 2. The van der Waals surface area contributed by atoms with Gasteiger partial charge in [-0.15, -0.1) is 12.4 Å². The number of carbonyl (C=O) groups is 1. The number of halogens is 1. The molecule has 1 aliphatic heterocycles. The van der Waals surface area contributed by atoms with Crippen LogP contribution in [0.25, 0.3) is 0 Å². The highest BCUT2D eigenvalue weighted by atomic mass is 35.5. The van der Waals surface area contributed by atoms with Gasteiger partial charge in [0.25, 0.3) is 5.91 Å². The minimum absolute atomic E-state index is 0. The molecule has 2 aromatic carbocycles. The van der Waals surface area contributed by atoms with Crippen molar-refractivity contribution in [2.45, 2.75) is 39.0 Å². The van der Waals surface area contributed by atoms with Gasteiger partial charge in [0.2, 0.25) is 0 Å². The number of para-hydroxylation sites is 1. The van der Waals surface area contributed by atoms with Crippen LogP contribution >= 0.6 is 12.4 Å². The van der Waals surface area contributed by atoms with Crippen molar-refractivity contribution in [3.63, 3.8) is 0 Å². The van der Waals surface area contributed by atoms with E-state index in [0.717, 1.165) is 48.9 Å². The van der Waals surface area contributed by atoms with Crippen LogP contribution in [0, 0.1) is 0 Å². The summed E-state index contributed by atoms with van der Waals surface area (Å²) in [6, 6.07) is 11.7. The fourth-order valence-corrected chi connectivity index (χ4v) is 3.62. The molecule has 1 amide bonds. The van der Waals surface area contributed by atoms with Crippen LogP contribution in [0.4, 0.5) is 5.69 Å². The summed E-state index contributed by atoms with van der Waals surface area (Å²) in [5.41, 5.74) is 9.58. The van der Waals surface area contributed by atoms with Crippen LogP contribution in [0.1, 0.15) is 47.7 Å². The molecule has 5 nitrogen and oxygen atoms in total. The van der Waals surface area contributed by atoms with Gasteiger partial charge in [0.1, 0.15) is 0 Å². The molecule has 1 aliphatic rings. The van der Waals surface area contributed by atoms with Crippen molar-refractivity contribution >= 4 is 24.0 Å². The summed E-state index contributed by atoms with van der Waals surface area (Å²) >= 11 is 0. The summed E-state index contributed by atoms with van der Waals surface area (Å²) in [6.07, 6.45) is 4.76. The molecule has 2 aromatic rings. The molecule has 29 heavy (non-hydrogen) atoms. The number of ether oxygens (including phenoxy) is 2. The Bertz CT molecular complexity index is 826. The first-order valence-electron chi connectivity index (χ1n) is 10.1. The van der Waals surface area contributed by atoms with Gasteiger partial charge in [-0.2, -0.15) is 0 Å². The topological polar surface area (TPSA) is 64.8 Å². The molecule has 0 radical (unpaired) electrons. The van der Waals surface area contributed by atoms with E-state index in [1.54, 1.807) is 7.11 Å². The minimum atomic E-state index is 0. The number of nitrogens with two attached hydrogens (primary N) is 1. The normalized spacial score (nSPS) is 12.9. The maximum absolute atomic E-state index is 13.3. The van der Waals surface area contributed by atoms with E-state index in [2.05, 4.69) is 6.92 Å². The molecule has 0 unspecified atom stereocenters. The molecule has 0 bridgehead atoms. The van der Waals surface area contributed by atoms with Gasteiger partial charge >= 0.3 is 0 Å². The molecule has 0 fully saturated rings. The summed E-state index contributed by atoms with van der Waals surface area (Å²) < 4.78 is 11.5. The van der Waals surface area contributed by atoms with Crippen LogP contribution < -0.4 is 15.2 Å². The Morgan fingerprint density at radius 2 is 1.93 bits per heavy atom. The van der Waals surface area contributed by atoms with Crippen LogP contribution in [0.15, 0.2) is 36.4 Å². The minimum Gasteiger partial charge on any atom is -0.493 e. The lowest BCUT2D eigenvalue weighted by molar-refractivity contribution is 0.0735. The SMILES string of the molecule is CCCCCOc1c(OC)ccc2c1C(=O)N(CCc1ccccc1N)CC2.Cl. The van der Waals surface area contributed by atoms with Gasteiger partial charge in [-0.1, -0.05) is 44.0 Å². The van der Waals surface area contributed by atoms with E-state index >= 15 is 0 Å². The number of nitrogen functional groups attached to an aromatic ring is 1. The maximum Gasteiger partial charge on any atom is 0.258 e. The van der Waals surface area contributed by atoms with E-state index in [0.29, 0.717) is 36.8 Å². The number of hydrogen-bond acceptors (Lipinski definition) is 4. The Morgan fingerprint density at radius 3 is 2.66 bits per heavy atom. The van der Waals surface area contributed by atoms with Gasteiger partial charge in [-0.3, -0.25) is 4.79 Å². The first kappa shape index (κ1) is 22.9. The molecule has 6 heteroatoms. The van der Waals surface area contributed by atoms with Gasteiger partial charge in [0, 0.05) is 18.8 Å².